The van der Waals surface area contributed by atoms with Crippen molar-refractivity contribution in [3.8, 4) is 17.2 Å². The van der Waals surface area contributed by atoms with Gasteiger partial charge in [-0.25, -0.2) is 28.1 Å². The number of rotatable bonds is 9. The summed E-state index contributed by atoms with van der Waals surface area (Å²) < 4.78 is 3.60. The lowest BCUT2D eigenvalue weighted by Crippen LogP contribution is -2.54. The first-order valence-corrected chi connectivity index (χ1v) is 24.2. The van der Waals surface area contributed by atoms with E-state index in [9.17, 15) is 29.7 Å². The Labute approximate surface area is 375 Å². The van der Waals surface area contributed by atoms with E-state index in [0.717, 1.165) is 127 Å². The molecular formula is C54H75N3O6. The Kier molecular flexibility index (Phi) is 13.4. The molecule has 7 rings (SSSR count). The van der Waals surface area contributed by atoms with E-state index in [0.29, 0.717) is 17.2 Å². The van der Waals surface area contributed by atoms with Crippen LogP contribution in [-0.4, -0.2) is 29.0 Å². The Bertz CT molecular complexity index is 2180. The average Bonchev–Trinajstić information content (AvgIpc) is 3.23. The molecule has 0 bridgehead atoms. The van der Waals surface area contributed by atoms with Crippen molar-refractivity contribution in [2.75, 3.05) is 0 Å². The molecule has 0 spiro atoms. The van der Waals surface area contributed by atoms with Crippen LogP contribution in [0.5, 0.6) is 17.2 Å². The van der Waals surface area contributed by atoms with Gasteiger partial charge in [0.15, 0.2) is 0 Å². The summed E-state index contributed by atoms with van der Waals surface area (Å²) in [4.78, 5) is 44.9. The van der Waals surface area contributed by atoms with Gasteiger partial charge in [0.2, 0.25) is 0 Å². The van der Waals surface area contributed by atoms with E-state index in [1.165, 1.54) is 33.0 Å². The van der Waals surface area contributed by atoms with Crippen molar-refractivity contribution < 1.29 is 15.3 Å². The Morgan fingerprint density at radius 3 is 0.825 bits per heavy atom. The molecular weight excluding hydrogens is 787 g/mol. The lowest BCUT2D eigenvalue weighted by molar-refractivity contribution is 0.402. The minimum absolute atomic E-state index is 0.0761. The van der Waals surface area contributed by atoms with Gasteiger partial charge in [-0.3, -0.25) is 0 Å². The summed E-state index contributed by atoms with van der Waals surface area (Å²) in [6.45, 7) is 18.3. The van der Waals surface area contributed by atoms with Gasteiger partial charge in [-0.1, -0.05) is 138 Å². The molecule has 3 aromatic carbocycles. The SMILES string of the molecule is CC(C)(C)c1cc(Cn2c(=O)n(Cc3cc(C4CCCCC4)c(O)c(C(C)(C)C)c3)c(=O)n(Cc3cc(C4CCCCC4)c(O)c(C(C)(C)C)c3)c2=O)cc(C2CCCCC2)c1O. The Balaban J connectivity index is 1.43. The maximum Gasteiger partial charge on any atom is 0.336 e. The molecule has 0 radical (unpaired) electrons. The molecule has 1 aromatic heterocycles. The van der Waals surface area contributed by atoms with Gasteiger partial charge >= 0.3 is 17.1 Å². The quantitative estimate of drug-likeness (QED) is 0.154. The van der Waals surface area contributed by atoms with Crippen molar-refractivity contribution in [3.05, 3.63) is 118 Å². The van der Waals surface area contributed by atoms with Crippen molar-refractivity contribution in [1.29, 1.82) is 0 Å². The lowest BCUT2D eigenvalue weighted by atomic mass is 9.78. The molecule has 0 saturated heterocycles. The standard InChI is InChI=1S/C54H75N3O6/c1-52(2,3)43-28-34(25-40(46(43)58)37-19-13-10-14-20-37)31-55-49(61)56(32-35-26-41(38-21-15-11-16-22-38)47(59)44(29-35)53(4,5)6)51(63)57(50(55)62)33-36-27-42(39-23-17-12-18-24-39)48(60)45(30-36)54(7,8)9/h25-30,37-39,58-60H,10-24,31-33H2,1-9H3. The van der Waals surface area contributed by atoms with Crippen LogP contribution in [0.1, 0.15) is 226 Å². The zero-order valence-electron chi connectivity index (χ0n) is 39.8. The topological polar surface area (TPSA) is 127 Å². The van der Waals surface area contributed by atoms with Crippen LogP contribution in [0.25, 0.3) is 0 Å². The van der Waals surface area contributed by atoms with Gasteiger partial charge in [0.05, 0.1) is 19.6 Å². The monoisotopic (exact) mass is 862 g/mol. The highest BCUT2D eigenvalue weighted by Crippen LogP contribution is 2.45. The third kappa shape index (κ3) is 9.93. The predicted molar refractivity (Wildman–Crippen MR) is 254 cm³/mol. The lowest BCUT2D eigenvalue weighted by Gasteiger charge is -2.29. The number of phenolic OH excluding ortho intramolecular Hbond substituents is 3. The average molecular weight is 862 g/mol. The first-order chi connectivity index (χ1) is 29.6. The van der Waals surface area contributed by atoms with E-state index in [1.807, 2.05) is 36.4 Å². The summed E-state index contributed by atoms with van der Waals surface area (Å²) in [7, 11) is 0. The molecule has 0 amide bonds. The number of aromatic hydroxyl groups is 3. The first-order valence-electron chi connectivity index (χ1n) is 24.2. The summed E-state index contributed by atoms with van der Waals surface area (Å²) >= 11 is 0. The highest BCUT2D eigenvalue weighted by molar-refractivity contribution is 5.51. The molecule has 342 valence electrons. The van der Waals surface area contributed by atoms with E-state index in [4.69, 9.17) is 0 Å². The summed E-state index contributed by atoms with van der Waals surface area (Å²) in [6.07, 6.45) is 15.8. The molecule has 0 aliphatic heterocycles. The van der Waals surface area contributed by atoms with Crippen LogP contribution in [0, 0.1) is 0 Å². The van der Waals surface area contributed by atoms with Crippen LogP contribution < -0.4 is 17.1 Å². The van der Waals surface area contributed by atoms with Gasteiger partial charge in [0.1, 0.15) is 17.2 Å². The van der Waals surface area contributed by atoms with Gasteiger partial charge in [0.25, 0.3) is 0 Å². The van der Waals surface area contributed by atoms with Crippen molar-refractivity contribution in [2.45, 2.75) is 212 Å². The second-order valence-corrected chi connectivity index (χ2v) is 22.6. The molecule has 3 N–H and O–H groups in total. The Morgan fingerprint density at radius 2 is 0.619 bits per heavy atom. The molecule has 3 fully saturated rings. The second-order valence-electron chi connectivity index (χ2n) is 22.6. The van der Waals surface area contributed by atoms with Gasteiger partial charge < -0.3 is 15.3 Å². The molecule has 1 heterocycles. The maximum atomic E-state index is 15.0. The van der Waals surface area contributed by atoms with Crippen LogP contribution in [0.3, 0.4) is 0 Å². The predicted octanol–water partition coefficient (Wildman–Crippen LogP) is 11.5. The van der Waals surface area contributed by atoms with Gasteiger partial charge in [-0.05, 0) is 141 Å². The number of hydrogen-bond acceptors (Lipinski definition) is 6. The van der Waals surface area contributed by atoms with E-state index in [2.05, 4.69) is 62.3 Å². The number of nitrogens with zero attached hydrogens (tertiary/aromatic N) is 3. The van der Waals surface area contributed by atoms with Crippen molar-refractivity contribution in [3.63, 3.8) is 0 Å². The van der Waals surface area contributed by atoms with Crippen LogP contribution in [-0.2, 0) is 35.9 Å². The highest BCUT2D eigenvalue weighted by atomic mass is 16.3. The number of aromatic nitrogens is 3. The molecule has 0 unspecified atom stereocenters. The van der Waals surface area contributed by atoms with Crippen LogP contribution in [0.2, 0.25) is 0 Å². The normalized spacial score (nSPS) is 17.7. The van der Waals surface area contributed by atoms with Gasteiger partial charge in [-0.15, -0.1) is 0 Å². The first kappa shape index (κ1) is 46.5. The molecule has 0 atom stereocenters. The molecule has 9 nitrogen and oxygen atoms in total. The Hall–Kier alpha value is -4.53. The molecule has 3 saturated carbocycles. The van der Waals surface area contributed by atoms with Crippen LogP contribution >= 0.6 is 0 Å². The minimum Gasteiger partial charge on any atom is -0.507 e. The third-order valence-corrected chi connectivity index (χ3v) is 14.6. The van der Waals surface area contributed by atoms with Crippen LogP contribution in [0.4, 0.5) is 0 Å². The molecule has 63 heavy (non-hydrogen) atoms. The highest BCUT2D eigenvalue weighted by Gasteiger charge is 2.31. The number of benzene rings is 3. The van der Waals surface area contributed by atoms with E-state index in [-0.39, 0.29) is 37.4 Å². The fraction of sp³-hybridized carbons (Fsp3) is 0.611. The molecule has 3 aliphatic rings. The summed E-state index contributed by atoms with van der Waals surface area (Å²) in [6, 6.07) is 11.7. The maximum absolute atomic E-state index is 15.0. The fourth-order valence-corrected chi connectivity index (χ4v) is 11.0. The smallest absolute Gasteiger partial charge is 0.336 e. The summed E-state index contributed by atoms with van der Waals surface area (Å²) in [5.74, 6) is 1.41. The zero-order chi connectivity index (χ0) is 45.6. The van der Waals surface area contributed by atoms with E-state index in [1.54, 1.807) is 0 Å². The summed E-state index contributed by atoms with van der Waals surface area (Å²) in [5.41, 5.74) is 3.77. The third-order valence-electron chi connectivity index (χ3n) is 14.6. The fourth-order valence-electron chi connectivity index (χ4n) is 11.0. The molecule has 4 aromatic rings. The Morgan fingerprint density at radius 1 is 0.397 bits per heavy atom. The molecule has 9 heteroatoms. The summed E-state index contributed by atoms with van der Waals surface area (Å²) in [5, 5.41) is 35.2. The number of phenols is 3. The van der Waals surface area contributed by atoms with Crippen LogP contribution in [0.15, 0.2) is 50.8 Å². The van der Waals surface area contributed by atoms with E-state index >= 15 is 0 Å². The van der Waals surface area contributed by atoms with Crippen molar-refractivity contribution >= 4 is 0 Å². The van der Waals surface area contributed by atoms with Gasteiger partial charge in [-0.2, -0.15) is 0 Å². The van der Waals surface area contributed by atoms with Gasteiger partial charge in [0, 0.05) is 0 Å². The number of hydrogen-bond donors (Lipinski definition) is 3. The molecule has 3 aliphatic carbocycles. The second kappa shape index (κ2) is 18.2. The van der Waals surface area contributed by atoms with Crippen molar-refractivity contribution in [1.82, 2.24) is 13.7 Å². The zero-order valence-corrected chi connectivity index (χ0v) is 39.8. The van der Waals surface area contributed by atoms with Crippen molar-refractivity contribution in [2.24, 2.45) is 0 Å². The minimum atomic E-state index is -0.695. The largest absolute Gasteiger partial charge is 0.507 e. The van der Waals surface area contributed by atoms with E-state index < -0.39 is 33.3 Å².